The Morgan fingerprint density at radius 2 is 1.96 bits per heavy atom. The molecule has 26 heavy (non-hydrogen) atoms. The highest BCUT2D eigenvalue weighted by Crippen LogP contribution is 2.28. The fraction of sp³-hybridized carbons (Fsp3) is 0.238. The lowest BCUT2D eigenvalue weighted by Crippen LogP contribution is -2.42. The van der Waals surface area contributed by atoms with Crippen LogP contribution in [0.3, 0.4) is 0 Å². The maximum absolute atomic E-state index is 12.5. The molecular weight excluding hydrogens is 328 g/mol. The summed E-state index contributed by atoms with van der Waals surface area (Å²) >= 11 is 0. The Labute approximate surface area is 151 Å². The van der Waals surface area contributed by atoms with Gasteiger partial charge in [0, 0.05) is 30.2 Å². The monoisotopic (exact) mass is 348 g/mol. The molecule has 0 bridgehead atoms. The highest BCUT2D eigenvalue weighted by molar-refractivity contribution is 5.96. The molecule has 1 amide bonds. The predicted octanol–water partition coefficient (Wildman–Crippen LogP) is 2.97. The van der Waals surface area contributed by atoms with Crippen LogP contribution in [0.2, 0.25) is 0 Å². The lowest BCUT2D eigenvalue weighted by Gasteiger charge is -2.27. The van der Waals surface area contributed by atoms with Crippen molar-refractivity contribution < 1.29 is 9.21 Å². The minimum atomic E-state index is -0.611. The van der Waals surface area contributed by atoms with Gasteiger partial charge in [0.25, 0.3) is 5.91 Å². The fourth-order valence-corrected chi connectivity index (χ4v) is 3.49. The van der Waals surface area contributed by atoms with E-state index in [9.17, 15) is 9.59 Å². The zero-order valence-corrected chi connectivity index (χ0v) is 14.6. The molecule has 0 spiro atoms. The molecule has 1 atom stereocenters. The van der Waals surface area contributed by atoms with Gasteiger partial charge in [-0.3, -0.25) is 4.79 Å². The highest BCUT2D eigenvalue weighted by atomic mass is 16.4. The summed E-state index contributed by atoms with van der Waals surface area (Å²) in [7, 11) is 0. The summed E-state index contributed by atoms with van der Waals surface area (Å²) in [5.74, 6) is -0.399. The number of hydrogen-bond donors (Lipinski definition) is 1. The molecule has 3 aromatic rings. The van der Waals surface area contributed by atoms with E-state index in [0.29, 0.717) is 12.1 Å². The summed E-state index contributed by atoms with van der Waals surface area (Å²) in [4.78, 5) is 26.9. The number of hydrogen-bond acceptors (Lipinski definition) is 4. The molecular formula is C21H20N2O3. The summed E-state index contributed by atoms with van der Waals surface area (Å²) in [5, 5.41) is 3.61. The standard InChI is InChI=1S/C21H20N2O3/c1-14(23-11-10-15-6-2-4-8-18(15)23)13-22-20(24)17-12-16-7-3-5-9-19(16)26-21(17)25/h2-9,12,14H,10-11,13H2,1H3,(H,22,24). The number of amides is 1. The molecule has 4 rings (SSSR count). The van der Waals surface area contributed by atoms with Gasteiger partial charge in [0.05, 0.1) is 0 Å². The van der Waals surface area contributed by atoms with Crippen LogP contribution in [0.25, 0.3) is 11.0 Å². The van der Waals surface area contributed by atoms with Crippen LogP contribution in [0.15, 0.2) is 63.8 Å². The maximum Gasteiger partial charge on any atom is 0.349 e. The number of para-hydroxylation sites is 2. The molecule has 0 saturated heterocycles. The van der Waals surface area contributed by atoms with E-state index in [1.54, 1.807) is 18.2 Å². The molecule has 1 aliphatic heterocycles. The van der Waals surface area contributed by atoms with E-state index in [1.165, 1.54) is 11.3 Å². The first-order valence-electron chi connectivity index (χ1n) is 8.79. The first-order valence-corrected chi connectivity index (χ1v) is 8.79. The van der Waals surface area contributed by atoms with Crippen LogP contribution in [0.5, 0.6) is 0 Å². The van der Waals surface area contributed by atoms with Gasteiger partial charge in [-0.05, 0) is 37.1 Å². The van der Waals surface area contributed by atoms with Gasteiger partial charge in [0.1, 0.15) is 11.1 Å². The van der Waals surface area contributed by atoms with Crippen LogP contribution in [0.1, 0.15) is 22.8 Å². The van der Waals surface area contributed by atoms with Gasteiger partial charge in [0.15, 0.2) is 0 Å². The van der Waals surface area contributed by atoms with Gasteiger partial charge < -0.3 is 14.6 Å². The van der Waals surface area contributed by atoms with E-state index in [0.717, 1.165) is 18.4 Å². The predicted molar refractivity (Wildman–Crippen MR) is 102 cm³/mol. The lowest BCUT2D eigenvalue weighted by molar-refractivity contribution is 0.0948. The largest absolute Gasteiger partial charge is 0.422 e. The molecule has 0 saturated carbocycles. The zero-order chi connectivity index (χ0) is 18.1. The minimum absolute atomic E-state index is 0.0396. The van der Waals surface area contributed by atoms with Gasteiger partial charge in [-0.25, -0.2) is 4.79 Å². The van der Waals surface area contributed by atoms with Crippen LogP contribution >= 0.6 is 0 Å². The second-order valence-electron chi connectivity index (χ2n) is 6.62. The number of fused-ring (bicyclic) bond motifs is 2. The molecule has 0 radical (unpaired) electrons. The zero-order valence-electron chi connectivity index (χ0n) is 14.6. The first kappa shape index (κ1) is 16.4. The molecule has 1 N–H and O–H groups in total. The number of carbonyl (C=O) groups is 1. The number of nitrogens with zero attached hydrogens (tertiary/aromatic N) is 1. The molecule has 0 aliphatic carbocycles. The number of nitrogens with one attached hydrogen (secondary N) is 1. The molecule has 2 aromatic carbocycles. The maximum atomic E-state index is 12.5. The van der Waals surface area contributed by atoms with Crippen molar-refractivity contribution in [3.63, 3.8) is 0 Å². The van der Waals surface area contributed by atoms with Crippen molar-refractivity contribution in [1.29, 1.82) is 0 Å². The molecule has 1 aliphatic rings. The summed E-state index contributed by atoms with van der Waals surface area (Å²) in [5.41, 5.74) is 2.47. The second kappa shape index (κ2) is 6.67. The topological polar surface area (TPSA) is 62.6 Å². The van der Waals surface area contributed by atoms with Crippen molar-refractivity contribution in [3.05, 3.63) is 76.1 Å². The normalized spacial score (nSPS) is 14.3. The molecule has 132 valence electrons. The number of rotatable bonds is 4. The second-order valence-corrected chi connectivity index (χ2v) is 6.62. The third kappa shape index (κ3) is 2.96. The molecule has 5 nitrogen and oxygen atoms in total. The van der Waals surface area contributed by atoms with Crippen LogP contribution in [0.4, 0.5) is 5.69 Å². The van der Waals surface area contributed by atoms with Gasteiger partial charge in [-0.1, -0.05) is 36.4 Å². The average molecular weight is 348 g/mol. The molecule has 1 unspecified atom stereocenters. The van der Waals surface area contributed by atoms with Gasteiger partial charge >= 0.3 is 5.63 Å². The van der Waals surface area contributed by atoms with Crippen molar-refractivity contribution in [1.82, 2.24) is 5.32 Å². The third-order valence-electron chi connectivity index (χ3n) is 4.90. The Hall–Kier alpha value is -3.08. The summed E-state index contributed by atoms with van der Waals surface area (Å²) < 4.78 is 5.24. The van der Waals surface area contributed by atoms with E-state index in [1.807, 2.05) is 24.3 Å². The molecule has 0 fully saturated rings. The van der Waals surface area contributed by atoms with Crippen molar-refractivity contribution in [2.45, 2.75) is 19.4 Å². The Morgan fingerprint density at radius 1 is 1.19 bits per heavy atom. The number of carbonyl (C=O) groups excluding carboxylic acids is 1. The van der Waals surface area contributed by atoms with Crippen LogP contribution in [-0.2, 0) is 6.42 Å². The van der Waals surface area contributed by atoms with E-state index in [4.69, 9.17) is 4.42 Å². The smallest absolute Gasteiger partial charge is 0.349 e. The van der Waals surface area contributed by atoms with Crippen molar-refractivity contribution in [3.8, 4) is 0 Å². The van der Waals surface area contributed by atoms with Crippen molar-refractivity contribution in [2.75, 3.05) is 18.0 Å². The number of anilines is 1. The van der Waals surface area contributed by atoms with Crippen molar-refractivity contribution in [2.24, 2.45) is 0 Å². The number of benzene rings is 2. The molecule has 1 aromatic heterocycles. The van der Waals surface area contributed by atoms with E-state index >= 15 is 0 Å². The fourth-order valence-electron chi connectivity index (χ4n) is 3.49. The van der Waals surface area contributed by atoms with Crippen LogP contribution in [-0.4, -0.2) is 25.0 Å². The van der Waals surface area contributed by atoms with Crippen LogP contribution in [0, 0.1) is 0 Å². The van der Waals surface area contributed by atoms with E-state index < -0.39 is 11.5 Å². The quantitative estimate of drug-likeness (QED) is 0.737. The van der Waals surface area contributed by atoms with E-state index in [2.05, 4.69) is 29.3 Å². The summed E-state index contributed by atoms with van der Waals surface area (Å²) in [6.45, 7) is 3.47. The average Bonchev–Trinajstić information content (AvgIpc) is 3.09. The van der Waals surface area contributed by atoms with Crippen LogP contribution < -0.4 is 15.8 Å². The van der Waals surface area contributed by atoms with Crippen molar-refractivity contribution >= 4 is 22.6 Å². The Morgan fingerprint density at radius 3 is 2.85 bits per heavy atom. The highest BCUT2D eigenvalue weighted by Gasteiger charge is 2.23. The molecule has 5 heteroatoms. The Kier molecular flexibility index (Phi) is 4.21. The first-order chi connectivity index (χ1) is 12.6. The third-order valence-corrected chi connectivity index (χ3v) is 4.90. The van der Waals surface area contributed by atoms with E-state index in [-0.39, 0.29) is 11.6 Å². The lowest BCUT2D eigenvalue weighted by atomic mass is 10.1. The Balaban J connectivity index is 1.48. The van der Waals surface area contributed by atoms with Gasteiger partial charge in [0.2, 0.25) is 0 Å². The Bertz CT molecular complexity index is 1020. The molecule has 2 heterocycles. The minimum Gasteiger partial charge on any atom is -0.422 e. The SMILES string of the molecule is CC(CNC(=O)c1cc2ccccc2oc1=O)N1CCc2ccccc21. The summed E-state index contributed by atoms with van der Waals surface area (Å²) in [6.07, 6.45) is 1.02. The van der Waals surface area contributed by atoms with Gasteiger partial charge in [-0.2, -0.15) is 0 Å². The summed E-state index contributed by atoms with van der Waals surface area (Å²) in [6, 6.07) is 17.2. The van der Waals surface area contributed by atoms with Gasteiger partial charge in [-0.15, -0.1) is 0 Å².